The zero-order chi connectivity index (χ0) is 7.56. The van der Waals surface area contributed by atoms with Crippen LogP contribution in [0.15, 0.2) is 0 Å². The van der Waals surface area contributed by atoms with E-state index in [2.05, 4.69) is 13.8 Å². The van der Waals surface area contributed by atoms with Crippen molar-refractivity contribution < 1.29 is 0 Å². The second-order valence-corrected chi connectivity index (χ2v) is 4.96. The van der Waals surface area contributed by atoms with Crippen LogP contribution >= 0.6 is 32.9 Å². The average Bonchev–Trinajstić information content (AvgIpc) is 2.30. The molecule has 1 aromatic heterocycles. The van der Waals surface area contributed by atoms with Crippen molar-refractivity contribution in [3.05, 3.63) is 14.3 Å². The Morgan fingerprint density at radius 1 is 1.20 bits per heavy atom. The highest BCUT2D eigenvalue weighted by atomic mass is 32.9. The SMILES string of the molecule is CCc1ssc(=S)c1CC. The van der Waals surface area contributed by atoms with Gasteiger partial charge in [0.2, 0.25) is 0 Å². The molecule has 0 spiro atoms. The summed E-state index contributed by atoms with van der Waals surface area (Å²) >= 11 is 5.17. The lowest BCUT2D eigenvalue weighted by molar-refractivity contribution is 1.07. The largest absolute Gasteiger partial charge is 0.105 e. The predicted octanol–water partition coefficient (Wildman–Crippen LogP) is 3.66. The number of hydrogen-bond donors (Lipinski definition) is 0. The summed E-state index contributed by atoms with van der Waals surface area (Å²) in [5.41, 5.74) is 1.41. The maximum atomic E-state index is 5.17. The number of hydrogen-bond acceptors (Lipinski definition) is 3. The molecule has 0 amide bonds. The van der Waals surface area contributed by atoms with Crippen LogP contribution in [0, 0.1) is 3.82 Å². The van der Waals surface area contributed by atoms with Crippen LogP contribution in [0.1, 0.15) is 24.3 Å². The minimum Gasteiger partial charge on any atom is -0.0834 e. The Kier molecular flexibility index (Phi) is 3.01. The zero-order valence-electron chi connectivity index (χ0n) is 6.14. The molecule has 0 bridgehead atoms. The molecule has 0 aliphatic heterocycles. The van der Waals surface area contributed by atoms with Crippen molar-refractivity contribution in [2.75, 3.05) is 0 Å². The fourth-order valence-corrected chi connectivity index (χ4v) is 4.11. The van der Waals surface area contributed by atoms with Crippen LogP contribution in [-0.2, 0) is 12.8 Å². The predicted molar refractivity (Wildman–Crippen MR) is 51.8 cm³/mol. The number of rotatable bonds is 2. The second-order valence-electron chi connectivity index (χ2n) is 2.06. The first kappa shape index (κ1) is 8.37. The van der Waals surface area contributed by atoms with E-state index in [1.165, 1.54) is 10.4 Å². The minimum absolute atomic E-state index is 1.10. The van der Waals surface area contributed by atoms with E-state index < -0.39 is 0 Å². The lowest BCUT2D eigenvalue weighted by Crippen LogP contribution is -1.82. The van der Waals surface area contributed by atoms with Gasteiger partial charge in [0.1, 0.15) is 3.82 Å². The van der Waals surface area contributed by atoms with Crippen molar-refractivity contribution in [3.63, 3.8) is 0 Å². The summed E-state index contributed by atoms with van der Waals surface area (Å²) in [6, 6.07) is 0. The standard InChI is InChI=1S/C7H10S3/c1-3-5-6(4-2)9-10-7(5)8/h3-4H2,1-2H3. The van der Waals surface area contributed by atoms with E-state index in [4.69, 9.17) is 12.2 Å². The molecule has 0 saturated carbocycles. The summed E-state index contributed by atoms with van der Waals surface area (Å²) in [6.07, 6.45) is 2.24. The van der Waals surface area contributed by atoms with E-state index in [9.17, 15) is 0 Å². The molecule has 0 radical (unpaired) electrons. The van der Waals surface area contributed by atoms with Crippen molar-refractivity contribution in [2.24, 2.45) is 0 Å². The Morgan fingerprint density at radius 2 is 1.90 bits per heavy atom. The molecule has 1 aromatic rings. The third kappa shape index (κ3) is 1.47. The van der Waals surface area contributed by atoms with Gasteiger partial charge >= 0.3 is 0 Å². The van der Waals surface area contributed by atoms with Crippen molar-refractivity contribution in [3.8, 4) is 0 Å². The molecule has 0 aromatic carbocycles. The fraction of sp³-hybridized carbons (Fsp3) is 0.571. The van der Waals surface area contributed by atoms with Gasteiger partial charge in [0.15, 0.2) is 0 Å². The molecule has 10 heavy (non-hydrogen) atoms. The van der Waals surface area contributed by atoms with Crippen LogP contribution in [0.4, 0.5) is 0 Å². The van der Waals surface area contributed by atoms with E-state index in [-0.39, 0.29) is 0 Å². The summed E-state index contributed by atoms with van der Waals surface area (Å²) in [6.45, 7) is 4.36. The normalized spacial score (nSPS) is 10.2. The molecule has 0 unspecified atom stereocenters. The lowest BCUT2D eigenvalue weighted by Gasteiger charge is -1.92. The molecule has 3 heteroatoms. The molecule has 0 aliphatic rings. The Morgan fingerprint density at radius 3 is 2.30 bits per heavy atom. The molecule has 0 aliphatic carbocycles. The first-order valence-corrected chi connectivity index (χ1v) is 5.96. The van der Waals surface area contributed by atoms with Crippen molar-refractivity contribution >= 4 is 32.9 Å². The Bertz CT molecular complexity index is 256. The Balaban J connectivity index is 3.13. The van der Waals surface area contributed by atoms with Crippen LogP contribution in [0.3, 0.4) is 0 Å². The van der Waals surface area contributed by atoms with Crippen LogP contribution in [0.25, 0.3) is 0 Å². The first-order valence-electron chi connectivity index (χ1n) is 3.40. The van der Waals surface area contributed by atoms with Crippen LogP contribution < -0.4 is 0 Å². The maximum Gasteiger partial charge on any atom is 0.105 e. The lowest BCUT2D eigenvalue weighted by atomic mass is 10.2. The Labute approximate surface area is 73.9 Å². The van der Waals surface area contributed by atoms with Gasteiger partial charge in [-0.05, 0) is 18.4 Å². The summed E-state index contributed by atoms with van der Waals surface area (Å²) in [4.78, 5) is 1.48. The Hall–Kier alpha value is 0.270. The van der Waals surface area contributed by atoms with E-state index in [0.717, 1.165) is 16.7 Å². The second kappa shape index (κ2) is 3.60. The highest BCUT2D eigenvalue weighted by molar-refractivity contribution is 7.79. The van der Waals surface area contributed by atoms with Gasteiger partial charge in [0, 0.05) is 4.88 Å². The van der Waals surface area contributed by atoms with Gasteiger partial charge in [0.25, 0.3) is 0 Å². The molecule has 56 valence electrons. The van der Waals surface area contributed by atoms with Crippen molar-refractivity contribution in [1.82, 2.24) is 0 Å². The van der Waals surface area contributed by atoms with Crippen LogP contribution in [0.5, 0.6) is 0 Å². The average molecular weight is 190 g/mol. The van der Waals surface area contributed by atoms with E-state index in [1.54, 1.807) is 10.3 Å². The summed E-state index contributed by atoms with van der Waals surface area (Å²) in [5, 5.41) is 0. The molecular formula is C7H10S3. The molecule has 0 N–H and O–H groups in total. The highest BCUT2D eigenvalue weighted by Crippen LogP contribution is 2.25. The third-order valence-corrected chi connectivity index (χ3v) is 4.86. The van der Waals surface area contributed by atoms with E-state index >= 15 is 0 Å². The number of aryl methyl sites for hydroxylation is 1. The smallest absolute Gasteiger partial charge is 0.0834 e. The maximum absolute atomic E-state index is 5.17. The highest BCUT2D eigenvalue weighted by Gasteiger charge is 2.02. The molecule has 0 nitrogen and oxygen atoms in total. The third-order valence-electron chi connectivity index (χ3n) is 1.48. The summed E-state index contributed by atoms with van der Waals surface area (Å²) in [7, 11) is 3.57. The monoisotopic (exact) mass is 190 g/mol. The zero-order valence-corrected chi connectivity index (χ0v) is 8.59. The van der Waals surface area contributed by atoms with Gasteiger partial charge in [-0.2, -0.15) is 0 Å². The molecule has 1 rings (SSSR count). The van der Waals surface area contributed by atoms with Gasteiger partial charge in [-0.1, -0.05) is 46.7 Å². The van der Waals surface area contributed by atoms with Crippen molar-refractivity contribution in [2.45, 2.75) is 26.7 Å². The molecular weight excluding hydrogens is 180 g/mol. The summed E-state index contributed by atoms with van der Waals surface area (Å²) in [5.74, 6) is 0. The van der Waals surface area contributed by atoms with Gasteiger partial charge in [-0.3, -0.25) is 0 Å². The summed E-state index contributed by atoms with van der Waals surface area (Å²) < 4.78 is 1.10. The fourth-order valence-electron chi connectivity index (χ4n) is 0.916. The molecule has 1 heterocycles. The van der Waals surface area contributed by atoms with Crippen molar-refractivity contribution in [1.29, 1.82) is 0 Å². The quantitative estimate of drug-likeness (QED) is 0.506. The first-order chi connectivity index (χ1) is 4.79. The molecule has 0 saturated heterocycles. The van der Waals surface area contributed by atoms with Crippen LogP contribution in [0.2, 0.25) is 0 Å². The van der Waals surface area contributed by atoms with Gasteiger partial charge < -0.3 is 0 Å². The van der Waals surface area contributed by atoms with Crippen LogP contribution in [-0.4, -0.2) is 0 Å². The molecule has 0 atom stereocenters. The molecule has 0 fully saturated rings. The van der Waals surface area contributed by atoms with E-state index in [0.29, 0.717) is 0 Å². The van der Waals surface area contributed by atoms with Gasteiger partial charge in [0.05, 0.1) is 0 Å². The van der Waals surface area contributed by atoms with Gasteiger partial charge in [-0.25, -0.2) is 0 Å². The topological polar surface area (TPSA) is 0 Å². The van der Waals surface area contributed by atoms with E-state index in [1.807, 2.05) is 10.3 Å². The minimum atomic E-state index is 1.10. The van der Waals surface area contributed by atoms with Gasteiger partial charge in [-0.15, -0.1) is 0 Å².